The van der Waals surface area contributed by atoms with Crippen LogP contribution < -0.4 is 5.32 Å². The van der Waals surface area contributed by atoms with Crippen LogP contribution in [0.4, 0.5) is 4.39 Å². The van der Waals surface area contributed by atoms with E-state index in [1.165, 1.54) is 6.07 Å². The minimum Gasteiger partial charge on any atom is -0.396 e. The fourth-order valence-electron chi connectivity index (χ4n) is 2.42. The highest BCUT2D eigenvalue weighted by Crippen LogP contribution is 2.28. The zero-order chi connectivity index (χ0) is 13.0. The molecule has 3 nitrogen and oxygen atoms in total. The normalized spacial score (nSPS) is 18.8. The van der Waals surface area contributed by atoms with E-state index in [9.17, 15) is 9.50 Å². The highest BCUT2D eigenvalue weighted by atomic mass is 79.9. The number of aliphatic hydroxyl groups excluding tert-OH is 1. The smallest absolute Gasteiger partial charge is 0.129 e. The molecule has 0 aromatic heterocycles. The van der Waals surface area contributed by atoms with Gasteiger partial charge >= 0.3 is 0 Å². The van der Waals surface area contributed by atoms with Crippen molar-refractivity contribution in [2.24, 2.45) is 0 Å². The first-order valence-electron chi connectivity index (χ1n) is 6.23. The standard InChI is InChI=1S/C13H18BrFN2O/c14-10-1-2-11(12(15)9-10)13(3-8-18)17-6-4-16-5-7-17/h1-2,9,13,16,18H,3-8H2/t13-/m0/s1. The molecule has 0 amide bonds. The van der Waals surface area contributed by atoms with Gasteiger partial charge in [0, 0.05) is 48.9 Å². The highest BCUT2D eigenvalue weighted by Gasteiger charge is 2.24. The number of aliphatic hydroxyl groups is 1. The Morgan fingerprint density at radius 3 is 2.72 bits per heavy atom. The zero-order valence-electron chi connectivity index (χ0n) is 10.2. The van der Waals surface area contributed by atoms with Crippen molar-refractivity contribution in [3.63, 3.8) is 0 Å². The van der Waals surface area contributed by atoms with Crippen LogP contribution in [0.25, 0.3) is 0 Å². The molecule has 1 saturated heterocycles. The van der Waals surface area contributed by atoms with Gasteiger partial charge in [0.15, 0.2) is 0 Å². The van der Waals surface area contributed by atoms with Crippen LogP contribution >= 0.6 is 15.9 Å². The molecule has 1 atom stereocenters. The van der Waals surface area contributed by atoms with Crippen molar-refractivity contribution in [2.45, 2.75) is 12.5 Å². The van der Waals surface area contributed by atoms with Crippen LogP contribution in [-0.4, -0.2) is 42.8 Å². The molecule has 1 fully saturated rings. The maximum Gasteiger partial charge on any atom is 0.129 e. The predicted octanol–water partition coefficient (Wildman–Crippen LogP) is 1.92. The van der Waals surface area contributed by atoms with Gasteiger partial charge in [-0.25, -0.2) is 4.39 Å². The van der Waals surface area contributed by atoms with Gasteiger partial charge in [-0.3, -0.25) is 4.90 Å². The van der Waals surface area contributed by atoms with E-state index in [2.05, 4.69) is 26.1 Å². The molecule has 0 bridgehead atoms. The van der Waals surface area contributed by atoms with Gasteiger partial charge < -0.3 is 10.4 Å². The minimum atomic E-state index is -0.207. The van der Waals surface area contributed by atoms with E-state index >= 15 is 0 Å². The fraction of sp³-hybridized carbons (Fsp3) is 0.538. The third kappa shape index (κ3) is 3.29. The summed E-state index contributed by atoms with van der Waals surface area (Å²) in [4.78, 5) is 2.24. The van der Waals surface area contributed by atoms with Crippen LogP contribution in [0.2, 0.25) is 0 Å². The van der Waals surface area contributed by atoms with Crippen molar-refractivity contribution >= 4 is 15.9 Å². The van der Waals surface area contributed by atoms with Gasteiger partial charge in [-0.05, 0) is 18.6 Å². The summed E-state index contributed by atoms with van der Waals surface area (Å²) in [5, 5.41) is 12.5. The molecule has 2 N–H and O–H groups in total. The Bertz CT molecular complexity index is 397. The second-order valence-electron chi connectivity index (χ2n) is 4.48. The van der Waals surface area contributed by atoms with Gasteiger partial charge in [-0.1, -0.05) is 22.0 Å². The van der Waals surface area contributed by atoms with Gasteiger partial charge in [0.1, 0.15) is 5.82 Å². The third-order valence-corrected chi connectivity index (χ3v) is 3.81. The molecule has 0 unspecified atom stereocenters. The van der Waals surface area contributed by atoms with Crippen LogP contribution in [0.1, 0.15) is 18.0 Å². The second-order valence-corrected chi connectivity index (χ2v) is 5.40. The molecule has 5 heteroatoms. The molecule has 1 aromatic rings. The number of nitrogens with zero attached hydrogens (tertiary/aromatic N) is 1. The summed E-state index contributed by atoms with van der Waals surface area (Å²) in [5.74, 6) is -0.207. The number of nitrogens with one attached hydrogen (secondary N) is 1. The molecule has 18 heavy (non-hydrogen) atoms. The average Bonchev–Trinajstić information content (AvgIpc) is 2.38. The summed E-state index contributed by atoms with van der Waals surface area (Å²) in [6.07, 6.45) is 0.568. The van der Waals surface area contributed by atoms with Crippen molar-refractivity contribution in [3.8, 4) is 0 Å². The number of hydrogen-bond donors (Lipinski definition) is 2. The first-order chi connectivity index (χ1) is 8.72. The number of benzene rings is 1. The molecular weight excluding hydrogens is 299 g/mol. The van der Waals surface area contributed by atoms with Gasteiger partial charge in [0.05, 0.1) is 0 Å². The molecule has 1 aliphatic rings. The van der Waals surface area contributed by atoms with Crippen LogP contribution in [-0.2, 0) is 0 Å². The van der Waals surface area contributed by atoms with Crippen molar-refractivity contribution in [3.05, 3.63) is 34.1 Å². The minimum absolute atomic E-state index is 0.0369. The Hall–Kier alpha value is -0.490. The lowest BCUT2D eigenvalue weighted by molar-refractivity contribution is 0.138. The zero-order valence-corrected chi connectivity index (χ0v) is 11.8. The molecule has 0 aliphatic carbocycles. The van der Waals surface area contributed by atoms with E-state index in [-0.39, 0.29) is 18.5 Å². The summed E-state index contributed by atoms with van der Waals surface area (Å²) in [6.45, 7) is 3.69. The predicted molar refractivity (Wildman–Crippen MR) is 73.0 cm³/mol. The maximum absolute atomic E-state index is 14.0. The molecule has 0 spiro atoms. The third-order valence-electron chi connectivity index (χ3n) is 3.32. The SMILES string of the molecule is OCC[C@@H](c1ccc(Br)cc1F)N1CCNCC1. The van der Waals surface area contributed by atoms with Gasteiger partial charge in [-0.15, -0.1) is 0 Å². The first kappa shape index (κ1) is 13.9. The van der Waals surface area contributed by atoms with Crippen molar-refractivity contribution in [2.75, 3.05) is 32.8 Å². The first-order valence-corrected chi connectivity index (χ1v) is 7.02. The van der Waals surface area contributed by atoms with Crippen molar-refractivity contribution < 1.29 is 9.50 Å². The average molecular weight is 317 g/mol. The maximum atomic E-state index is 14.0. The Kier molecular flexibility index (Phi) is 5.12. The van der Waals surface area contributed by atoms with Gasteiger partial charge in [-0.2, -0.15) is 0 Å². The van der Waals surface area contributed by atoms with Crippen LogP contribution in [0.3, 0.4) is 0 Å². The number of piperazine rings is 1. The van der Waals surface area contributed by atoms with E-state index in [4.69, 9.17) is 0 Å². The number of rotatable bonds is 4. The summed E-state index contributed by atoms with van der Waals surface area (Å²) < 4.78 is 14.8. The van der Waals surface area contributed by atoms with E-state index in [1.807, 2.05) is 12.1 Å². The quantitative estimate of drug-likeness (QED) is 0.891. The number of halogens is 2. The topological polar surface area (TPSA) is 35.5 Å². The number of hydrogen-bond acceptors (Lipinski definition) is 3. The second kappa shape index (κ2) is 6.61. The van der Waals surface area contributed by atoms with Gasteiger partial charge in [0.2, 0.25) is 0 Å². The van der Waals surface area contributed by atoms with Crippen molar-refractivity contribution in [1.82, 2.24) is 10.2 Å². The van der Waals surface area contributed by atoms with E-state index in [0.717, 1.165) is 30.7 Å². The lowest BCUT2D eigenvalue weighted by atomic mass is 10.0. The van der Waals surface area contributed by atoms with Crippen LogP contribution in [0.5, 0.6) is 0 Å². The highest BCUT2D eigenvalue weighted by molar-refractivity contribution is 9.10. The van der Waals surface area contributed by atoms with Gasteiger partial charge in [0.25, 0.3) is 0 Å². The molecule has 1 heterocycles. The lowest BCUT2D eigenvalue weighted by Gasteiger charge is -2.35. The van der Waals surface area contributed by atoms with E-state index in [1.54, 1.807) is 0 Å². The lowest BCUT2D eigenvalue weighted by Crippen LogP contribution is -2.45. The summed E-state index contributed by atoms with van der Waals surface area (Å²) in [7, 11) is 0. The molecular formula is C13H18BrFN2O. The van der Waals surface area contributed by atoms with Crippen LogP contribution in [0.15, 0.2) is 22.7 Å². The molecule has 0 saturated carbocycles. The van der Waals surface area contributed by atoms with Crippen LogP contribution in [0, 0.1) is 5.82 Å². The molecule has 2 rings (SSSR count). The summed E-state index contributed by atoms with van der Waals surface area (Å²) >= 11 is 3.27. The molecule has 100 valence electrons. The molecule has 1 aromatic carbocycles. The fourth-order valence-corrected chi connectivity index (χ4v) is 2.76. The monoisotopic (exact) mass is 316 g/mol. The molecule has 1 aliphatic heterocycles. The van der Waals surface area contributed by atoms with Crippen molar-refractivity contribution in [1.29, 1.82) is 0 Å². The Morgan fingerprint density at radius 2 is 2.11 bits per heavy atom. The van der Waals surface area contributed by atoms with E-state index < -0.39 is 0 Å². The Balaban J connectivity index is 2.22. The van der Waals surface area contributed by atoms with E-state index in [0.29, 0.717) is 12.0 Å². The molecule has 0 radical (unpaired) electrons. The summed E-state index contributed by atoms with van der Waals surface area (Å²) in [5.41, 5.74) is 0.675. The largest absolute Gasteiger partial charge is 0.396 e. The Labute approximate surface area is 115 Å². The summed E-state index contributed by atoms with van der Waals surface area (Å²) in [6, 6.07) is 5.11. The Morgan fingerprint density at radius 1 is 1.39 bits per heavy atom.